The normalized spacial score (nSPS) is 11.1. The minimum absolute atomic E-state index is 0.112. The summed E-state index contributed by atoms with van der Waals surface area (Å²) in [5.74, 6) is -2.54. The molecule has 0 saturated carbocycles. The van der Waals surface area contributed by atoms with Crippen molar-refractivity contribution in [2.24, 2.45) is 5.73 Å². The van der Waals surface area contributed by atoms with Crippen molar-refractivity contribution in [2.75, 3.05) is 4.90 Å². The molecule has 0 radical (unpaired) electrons. The van der Waals surface area contributed by atoms with Crippen molar-refractivity contribution in [1.29, 1.82) is 0 Å². The van der Waals surface area contributed by atoms with Gasteiger partial charge in [0.2, 0.25) is 5.91 Å². The van der Waals surface area contributed by atoms with Crippen LogP contribution < -0.4 is 15.4 Å². The number of anilines is 1. The van der Waals surface area contributed by atoms with Crippen molar-refractivity contribution in [3.63, 3.8) is 0 Å². The highest BCUT2D eigenvalue weighted by atomic mass is 19.4. The Morgan fingerprint density at radius 2 is 1.69 bits per heavy atom. The van der Waals surface area contributed by atoms with Gasteiger partial charge in [0.05, 0.1) is 24.0 Å². The number of rotatable bonds is 7. The predicted molar refractivity (Wildman–Crippen MR) is 122 cm³/mol. The first kappa shape index (κ1) is 24.3. The van der Waals surface area contributed by atoms with Gasteiger partial charge in [0, 0.05) is 47.7 Å². The Labute approximate surface area is 202 Å². The molecule has 0 unspecified atom stereocenters. The van der Waals surface area contributed by atoms with Gasteiger partial charge in [0.1, 0.15) is 11.6 Å². The number of nitrogens with zero attached hydrogens (tertiary/aromatic N) is 5. The molecule has 12 heteroatoms. The first-order valence-corrected chi connectivity index (χ1v) is 10.3. The minimum Gasteiger partial charge on any atom is -0.405 e. The van der Waals surface area contributed by atoms with Crippen molar-refractivity contribution in [3.05, 3.63) is 96.5 Å². The number of hydrogen-bond donors (Lipinski definition) is 1. The summed E-state index contributed by atoms with van der Waals surface area (Å²) >= 11 is 0. The third-order valence-electron chi connectivity index (χ3n) is 4.92. The molecule has 0 bridgehead atoms. The molecule has 4 aromatic rings. The van der Waals surface area contributed by atoms with E-state index >= 15 is 0 Å². The number of carbonyl (C=O) groups excluding carboxylic acids is 2. The monoisotopic (exact) mass is 494 g/mol. The van der Waals surface area contributed by atoms with E-state index in [-0.39, 0.29) is 17.9 Å². The Kier molecular flexibility index (Phi) is 6.86. The lowest BCUT2D eigenvalue weighted by molar-refractivity contribution is -0.274. The fourth-order valence-corrected chi connectivity index (χ4v) is 3.29. The molecule has 4 rings (SSSR count). The van der Waals surface area contributed by atoms with Gasteiger partial charge in [-0.1, -0.05) is 6.07 Å². The van der Waals surface area contributed by atoms with E-state index in [4.69, 9.17) is 5.73 Å². The van der Waals surface area contributed by atoms with Gasteiger partial charge < -0.3 is 10.5 Å². The average Bonchev–Trinajstić information content (AvgIpc) is 2.87. The molecule has 1 aromatic carbocycles. The second kappa shape index (κ2) is 10.2. The number of alkyl halides is 3. The van der Waals surface area contributed by atoms with Crippen LogP contribution in [0.15, 0.2) is 79.6 Å². The zero-order chi connectivity index (χ0) is 25.7. The lowest BCUT2D eigenvalue weighted by atomic mass is 10.1. The maximum absolute atomic E-state index is 13.6. The zero-order valence-corrected chi connectivity index (χ0v) is 18.4. The van der Waals surface area contributed by atoms with Crippen molar-refractivity contribution >= 4 is 17.6 Å². The Balaban J connectivity index is 1.78. The molecule has 3 aromatic heterocycles. The molecule has 2 amide bonds. The molecule has 3 heterocycles. The lowest BCUT2D eigenvalue weighted by Gasteiger charge is -2.23. The molecule has 182 valence electrons. The first-order valence-electron chi connectivity index (χ1n) is 10.3. The standard InChI is InChI=1S/C24H17F3N6O3/c25-24(26,27)36-20-5-3-15(22(28)34)10-19(20)23(35)33(14-18-13-30-8-9-31-18)21-6-4-17(12-32-21)16-2-1-7-29-11-16/h1-13H,14H2,(H2,28,34). The van der Waals surface area contributed by atoms with Crippen LogP contribution in [0.1, 0.15) is 26.4 Å². The van der Waals surface area contributed by atoms with Crippen molar-refractivity contribution < 1.29 is 27.5 Å². The molecule has 0 aliphatic rings. The van der Waals surface area contributed by atoms with Gasteiger partial charge in [0.25, 0.3) is 5.91 Å². The number of aromatic nitrogens is 4. The third kappa shape index (κ3) is 5.78. The molecular weight excluding hydrogens is 477 g/mol. The third-order valence-corrected chi connectivity index (χ3v) is 4.92. The van der Waals surface area contributed by atoms with Gasteiger partial charge in [-0.15, -0.1) is 13.2 Å². The SMILES string of the molecule is NC(=O)c1ccc(OC(F)(F)F)c(C(=O)N(Cc2cnccn2)c2ccc(-c3cccnc3)cn2)c1. The summed E-state index contributed by atoms with van der Waals surface area (Å²) in [4.78, 5) is 42.9. The Morgan fingerprint density at radius 1 is 0.917 bits per heavy atom. The van der Waals surface area contributed by atoms with Gasteiger partial charge in [-0.2, -0.15) is 0 Å². The molecule has 0 fully saturated rings. The Hall–Kier alpha value is -4.87. The number of hydrogen-bond acceptors (Lipinski definition) is 7. The van der Waals surface area contributed by atoms with Crippen LogP contribution in [0.5, 0.6) is 5.75 Å². The smallest absolute Gasteiger partial charge is 0.405 e. The molecular formula is C24H17F3N6O3. The van der Waals surface area contributed by atoms with Crippen LogP contribution in [0.2, 0.25) is 0 Å². The summed E-state index contributed by atoms with van der Waals surface area (Å²) in [7, 11) is 0. The Bertz CT molecular complexity index is 1370. The number of nitrogens with two attached hydrogens (primary N) is 1. The highest BCUT2D eigenvalue weighted by Crippen LogP contribution is 2.30. The summed E-state index contributed by atoms with van der Waals surface area (Å²) < 4.78 is 43.2. The molecule has 0 saturated heterocycles. The van der Waals surface area contributed by atoms with E-state index in [1.165, 1.54) is 30.9 Å². The van der Waals surface area contributed by atoms with Gasteiger partial charge in [0.15, 0.2) is 0 Å². The fraction of sp³-hybridized carbons (Fsp3) is 0.0833. The lowest BCUT2D eigenvalue weighted by Crippen LogP contribution is -2.33. The molecule has 0 aliphatic carbocycles. The Morgan fingerprint density at radius 3 is 2.31 bits per heavy atom. The maximum Gasteiger partial charge on any atom is 0.573 e. The predicted octanol–water partition coefficient (Wildman–Crippen LogP) is 3.78. The molecule has 9 nitrogen and oxygen atoms in total. The summed E-state index contributed by atoms with van der Waals surface area (Å²) in [6, 6.07) is 9.62. The van der Waals surface area contributed by atoms with Crippen molar-refractivity contribution in [3.8, 4) is 16.9 Å². The van der Waals surface area contributed by atoms with E-state index in [9.17, 15) is 22.8 Å². The van der Waals surface area contributed by atoms with E-state index in [2.05, 4.69) is 24.7 Å². The van der Waals surface area contributed by atoms with E-state index in [0.29, 0.717) is 11.3 Å². The summed E-state index contributed by atoms with van der Waals surface area (Å²) in [6.07, 6.45) is 3.91. The number of benzene rings is 1. The molecule has 0 aliphatic heterocycles. The number of ether oxygens (including phenoxy) is 1. The second-order valence-electron chi connectivity index (χ2n) is 7.36. The highest BCUT2D eigenvalue weighted by Gasteiger charge is 2.34. The van der Waals surface area contributed by atoms with Gasteiger partial charge in [-0.05, 0) is 36.4 Å². The zero-order valence-electron chi connectivity index (χ0n) is 18.4. The summed E-state index contributed by atoms with van der Waals surface area (Å²) in [5.41, 5.74) is 6.39. The average molecular weight is 494 g/mol. The number of amides is 2. The van der Waals surface area contributed by atoms with Gasteiger partial charge in [-0.3, -0.25) is 29.4 Å². The highest BCUT2D eigenvalue weighted by molar-refractivity contribution is 6.09. The topological polar surface area (TPSA) is 124 Å². The molecule has 36 heavy (non-hydrogen) atoms. The summed E-state index contributed by atoms with van der Waals surface area (Å²) in [5, 5.41) is 0. The largest absolute Gasteiger partial charge is 0.573 e. The molecule has 2 N–H and O–H groups in total. The quantitative estimate of drug-likeness (QED) is 0.415. The van der Waals surface area contributed by atoms with Crippen LogP contribution in [-0.2, 0) is 6.54 Å². The number of pyridine rings is 2. The van der Waals surface area contributed by atoms with Crippen molar-refractivity contribution in [1.82, 2.24) is 19.9 Å². The number of primary amides is 1. The van der Waals surface area contributed by atoms with Gasteiger partial charge in [-0.25, -0.2) is 4.98 Å². The van der Waals surface area contributed by atoms with Crippen LogP contribution in [0.3, 0.4) is 0 Å². The number of halogens is 3. The van der Waals surface area contributed by atoms with Crippen LogP contribution in [-0.4, -0.2) is 38.1 Å². The van der Waals surface area contributed by atoms with E-state index < -0.39 is 29.5 Å². The fourth-order valence-electron chi connectivity index (χ4n) is 3.29. The van der Waals surface area contributed by atoms with Crippen LogP contribution in [0.25, 0.3) is 11.1 Å². The van der Waals surface area contributed by atoms with E-state index in [1.54, 1.807) is 24.5 Å². The first-order chi connectivity index (χ1) is 17.2. The van der Waals surface area contributed by atoms with E-state index in [0.717, 1.165) is 28.7 Å². The maximum atomic E-state index is 13.6. The van der Waals surface area contributed by atoms with Gasteiger partial charge >= 0.3 is 6.36 Å². The molecule has 0 atom stereocenters. The second-order valence-corrected chi connectivity index (χ2v) is 7.36. The van der Waals surface area contributed by atoms with Crippen LogP contribution in [0.4, 0.5) is 19.0 Å². The van der Waals surface area contributed by atoms with Crippen LogP contribution >= 0.6 is 0 Å². The summed E-state index contributed by atoms with van der Waals surface area (Å²) in [6.45, 7) is -0.182. The van der Waals surface area contributed by atoms with E-state index in [1.807, 2.05) is 6.07 Å². The van der Waals surface area contributed by atoms with Crippen molar-refractivity contribution in [2.45, 2.75) is 12.9 Å². The molecule has 0 spiro atoms. The minimum atomic E-state index is -5.08. The van der Waals surface area contributed by atoms with Crippen LogP contribution in [0, 0.1) is 0 Å². The number of carbonyl (C=O) groups is 2.